The van der Waals surface area contributed by atoms with Gasteiger partial charge in [0.05, 0.1) is 0 Å². The zero-order chi connectivity index (χ0) is 24.0. The molecule has 5 aliphatic rings. The first kappa shape index (κ1) is 23.5. The fourth-order valence-electron chi connectivity index (χ4n) is 9.13. The molecule has 1 heterocycles. The minimum absolute atomic E-state index is 0.0492. The molecule has 6 atom stereocenters. The summed E-state index contributed by atoms with van der Waals surface area (Å²) in [4.78, 5) is 17.0. The molecule has 1 aromatic heterocycles. The summed E-state index contributed by atoms with van der Waals surface area (Å²) in [6.07, 6.45) is 24.3. The van der Waals surface area contributed by atoms with E-state index < -0.39 is 0 Å². The van der Waals surface area contributed by atoms with Gasteiger partial charge in [-0.3, -0.25) is 9.78 Å². The number of hydrogen-bond donors (Lipinski definition) is 0. The Morgan fingerprint density at radius 3 is 2.66 bits per heavy atom. The van der Waals surface area contributed by atoms with E-state index in [-0.39, 0.29) is 22.9 Å². The number of pyridine rings is 1. The molecule has 5 aliphatic carbocycles. The van der Waals surface area contributed by atoms with Gasteiger partial charge in [-0.25, -0.2) is 0 Å². The summed E-state index contributed by atoms with van der Waals surface area (Å²) in [5.74, 6) is 3.07. The molecule has 0 spiro atoms. The van der Waals surface area contributed by atoms with Crippen LogP contribution in [0.4, 0.5) is 0 Å². The lowest BCUT2D eigenvalue weighted by molar-refractivity contribution is -0.151. The summed E-state index contributed by atoms with van der Waals surface area (Å²) in [5, 5.41) is 0. The van der Waals surface area contributed by atoms with Crippen LogP contribution in [0.15, 0.2) is 42.3 Å². The molecule has 0 aliphatic heterocycles. The Hall–Kier alpha value is -1.90. The molecule has 3 saturated carbocycles. The second-order valence-corrected chi connectivity index (χ2v) is 12.9. The predicted octanol–water partition coefficient (Wildman–Crippen LogP) is 7.92. The first-order valence-corrected chi connectivity index (χ1v) is 14.5. The summed E-state index contributed by atoms with van der Waals surface area (Å²) in [7, 11) is 0. The van der Waals surface area contributed by atoms with Crippen LogP contribution >= 0.6 is 0 Å². The van der Waals surface area contributed by atoms with Crippen molar-refractivity contribution < 1.29 is 9.53 Å². The van der Waals surface area contributed by atoms with E-state index in [2.05, 4.69) is 49.3 Å². The molecule has 0 N–H and O–H groups in total. The smallest absolute Gasteiger partial charge is 0.306 e. The number of esters is 1. The summed E-state index contributed by atoms with van der Waals surface area (Å²) in [5.41, 5.74) is 5.03. The van der Waals surface area contributed by atoms with E-state index in [1.54, 1.807) is 11.1 Å². The number of nitrogens with zero attached hydrogens (tertiary/aromatic N) is 1. The largest absolute Gasteiger partial charge is 0.462 e. The second-order valence-electron chi connectivity index (χ2n) is 12.9. The Bertz CT molecular complexity index is 1010. The third kappa shape index (κ3) is 4.11. The Labute approximate surface area is 211 Å². The van der Waals surface area contributed by atoms with E-state index >= 15 is 0 Å². The Balaban J connectivity index is 1.12. The lowest BCUT2D eigenvalue weighted by atomic mass is 9.47. The SMILES string of the molecule is C[C@]12CC[C@H](OC(=O)CCC3CCCC3)CC1=CC[C@@H]1[C@@H]2CC[C@]2(C)C(c3cccnc3)=CC[C@@H]12. The van der Waals surface area contributed by atoms with Gasteiger partial charge in [-0.1, -0.05) is 63.3 Å². The monoisotopic (exact) mass is 473 g/mol. The number of ether oxygens (including phenoxy) is 1. The van der Waals surface area contributed by atoms with Crippen LogP contribution < -0.4 is 0 Å². The summed E-state index contributed by atoms with van der Waals surface area (Å²) < 4.78 is 6.04. The van der Waals surface area contributed by atoms with E-state index in [1.165, 1.54) is 63.4 Å². The minimum atomic E-state index is 0.0492. The molecule has 1 aromatic rings. The standard InChI is InChI=1S/C32H43NO2/c1-31-17-15-25(35-30(34)14-9-22-6-3-4-7-22)20-24(31)10-11-26-28-13-12-27(23-8-5-19-33-21-23)32(28,2)18-16-29(26)31/h5,8,10,12,19,21-22,25-26,28-29H,3-4,6-7,9,11,13-18,20H2,1-2H3/t25-,26-,28-,29-,31-,32+/m0/s1. The molecular formula is C32H43NO2. The average Bonchev–Trinajstić information content (AvgIpc) is 3.51. The van der Waals surface area contributed by atoms with E-state index in [4.69, 9.17) is 4.74 Å². The Kier molecular flexibility index (Phi) is 6.17. The van der Waals surface area contributed by atoms with Crippen LogP contribution in [0.2, 0.25) is 0 Å². The van der Waals surface area contributed by atoms with Crippen molar-refractivity contribution in [3.63, 3.8) is 0 Å². The van der Waals surface area contributed by atoms with Gasteiger partial charge >= 0.3 is 5.97 Å². The van der Waals surface area contributed by atoms with Gasteiger partial charge in [0.2, 0.25) is 0 Å². The van der Waals surface area contributed by atoms with Gasteiger partial charge in [0.25, 0.3) is 0 Å². The highest BCUT2D eigenvalue weighted by atomic mass is 16.5. The lowest BCUT2D eigenvalue weighted by Crippen LogP contribution is -2.50. The molecule has 0 saturated heterocycles. The zero-order valence-corrected chi connectivity index (χ0v) is 21.8. The molecule has 0 unspecified atom stereocenters. The van der Waals surface area contributed by atoms with Crippen molar-refractivity contribution in [3.8, 4) is 0 Å². The average molecular weight is 474 g/mol. The molecule has 3 heteroatoms. The third-order valence-corrected chi connectivity index (χ3v) is 11.1. The Morgan fingerprint density at radius 2 is 1.86 bits per heavy atom. The minimum Gasteiger partial charge on any atom is -0.462 e. The molecule has 35 heavy (non-hydrogen) atoms. The second kappa shape index (κ2) is 9.20. The normalized spacial score (nSPS) is 38.7. The molecule has 0 bridgehead atoms. The van der Waals surface area contributed by atoms with Crippen molar-refractivity contribution >= 4 is 11.5 Å². The number of carbonyl (C=O) groups is 1. The zero-order valence-electron chi connectivity index (χ0n) is 21.8. The van der Waals surface area contributed by atoms with Gasteiger partial charge < -0.3 is 4.74 Å². The van der Waals surface area contributed by atoms with Crippen molar-refractivity contribution in [2.45, 2.75) is 103 Å². The number of hydrogen-bond acceptors (Lipinski definition) is 3. The molecule has 188 valence electrons. The number of carbonyl (C=O) groups excluding carboxylic acids is 1. The molecular weight excluding hydrogens is 430 g/mol. The maximum Gasteiger partial charge on any atom is 0.306 e. The first-order chi connectivity index (χ1) is 17.0. The Morgan fingerprint density at radius 1 is 1.03 bits per heavy atom. The van der Waals surface area contributed by atoms with Crippen LogP contribution in [-0.2, 0) is 9.53 Å². The van der Waals surface area contributed by atoms with E-state index in [9.17, 15) is 4.79 Å². The van der Waals surface area contributed by atoms with Gasteiger partial charge in [-0.05, 0) is 96.7 Å². The van der Waals surface area contributed by atoms with Gasteiger partial charge in [-0.15, -0.1) is 0 Å². The van der Waals surface area contributed by atoms with E-state index in [0.29, 0.717) is 6.42 Å². The third-order valence-electron chi connectivity index (χ3n) is 11.1. The highest BCUT2D eigenvalue weighted by molar-refractivity contribution is 5.72. The van der Waals surface area contributed by atoms with Crippen LogP contribution in [0.1, 0.15) is 103 Å². The van der Waals surface area contributed by atoms with Gasteiger partial charge in [-0.2, -0.15) is 0 Å². The number of aromatic nitrogens is 1. The van der Waals surface area contributed by atoms with E-state index in [0.717, 1.165) is 42.9 Å². The predicted molar refractivity (Wildman–Crippen MR) is 140 cm³/mol. The van der Waals surface area contributed by atoms with Crippen LogP contribution in [0.25, 0.3) is 5.57 Å². The van der Waals surface area contributed by atoms with Gasteiger partial charge in [0.1, 0.15) is 6.10 Å². The summed E-state index contributed by atoms with van der Waals surface area (Å²) in [6, 6.07) is 4.32. The van der Waals surface area contributed by atoms with Crippen molar-refractivity contribution in [1.82, 2.24) is 4.98 Å². The molecule has 0 aromatic carbocycles. The topological polar surface area (TPSA) is 39.2 Å². The van der Waals surface area contributed by atoms with Crippen LogP contribution in [0, 0.1) is 34.5 Å². The lowest BCUT2D eigenvalue weighted by Gasteiger charge is -2.57. The number of fused-ring (bicyclic) bond motifs is 5. The number of rotatable bonds is 5. The quantitative estimate of drug-likeness (QED) is 0.322. The van der Waals surface area contributed by atoms with Gasteiger partial charge in [0.15, 0.2) is 0 Å². The summed E-state index contributed by atoms with van der Waals surface area (Å²) >= 11 is 0. The van der Waals surface area contributed by atoms with Crippen molar-refractivity contribution in [3.05, 3.63) is 47.8 Å². The molecule has 3 nitrogen and oxygen atoms in total. The first-order valence-electron chi connectivity index (χ1n) is 14.5. The van der Waals surface area contributed by atoms with Crippen molar-refractivity contribution in [2.75, 3.05) is 0 Å². The van der Waals surface area contributed by atoms with Crippen LogP contribution in [0.3, 0.4) is 0 Å². The molecule has 0 radical (unpaired) electrons. The molecule has 0 amide bonds. The van der Waals surface area contributed by atoms with Crippen LogP contribution in [-0.4, -0.2) is 17.1 Å². The fraction of sp³-hybridized carbons (Fsp3) is 0.688. The maximum atomic E-state index is 12.6. The molecule has 6 rings (SSSR count). The van der Waals surface area contributed by atoms with Crippen LogP contribution in [0.5, 0.6) is 0 Å². The molecule has 3 fully saturated rings. The van der Waals surface area contributed by atoms with E-state index in [1.807, 2.05) is 6.20 Å². The highest BCUT2D eigenvalue weighted by Crippen LogP contribution is 2.66. The fourth-order valence-corrected chi connectivity index (χ4v) is 9.13. The van der Waals surface area contributed by atoms with Gasteiger partial charge in [0, 0.05) is 25.2 Å². The van der Waals surface area contributed by atoms with Crippen molar-refractivity contribution in [1.29, 1.82) is 0 Å². The van der Waals surface area contributed by atoms with Crippen molar-refractivity contribution in [2.24, 2.45) is 34.5 Å². The summed E-state index contributed by atoms with van der Waals surface area (Å²) in [6.45, 7) is 5.07. The maximum absolute atomic E-state index is 12.6. The highest BCUT2D eigenvalue weighted by Gasteiger charge is 2.57. The number of allylic oxidation sites excluding steroid dienone is 3.